The molecule has 29 heavy (non-hydrogen) atoms. The fraction of sp³-hybridized carbons (Fsp3) is 0.409. The van der Waals surface area contributed by atoms with E-state index in [2.05, 4.69) is 10.6 Å². The molecule has 0 saturated carbocycles. The van der Waals surface area contributed by atoms with Gasteiger partial charge in [0.1, 0.15) is 0 Å². The molecule has 1 unspecified atom stereocenters. The van der Waals surface area contributed by atoms with Crippen molar-refractivity contribution in [3.63, 3.8) is 0 Å². The predicted molar refractivity (Wildman–Crippen MR) is 115 cm³/mol. The molecule has 3 amide bonds. The highest BCUT2D eigenvalue weighted by atomic mass is 32.1. The van der Waals surface area contributed by atoms with Gasteiger partial charge in [0.05, 0.1) is 17.3 Å². The molecule has 1 atom stereocenters. The minimum absolute atomic E-state index is 0.0273. The van der Waals surface area contributed by atoms with Crippen LogP contribution in [0.1, 0.15) is 39.2 Å². The van der Waals surface area contributed by atoms with E-state index >= 15 is 0 Å². The lowest BCUT2D eigenvalue weighted by atomic mass is 9.97. The second-order valence-electron chi connectivity index (χ2n) is 7.61. The standard InChI is InChI=1S/C22H27N3O3S/c1-14-10-15(2)20(16(3)11-14)24-19(26)12-23-21(27)17-6-4-8-25(13-17)22(28)18-7-5-9-29-18/h5,7,9-11,17H,4,6,8,12-13H2,1-3H3,(H,23,27)(H,24,26). The van der Waals surface area contributed by atoms with E-state index in [-0.39, 0.29) is 30.2 Å². The molecule has 6 nitrogen and oxygen atoms in total. The first kappa shape index (κ1) is 21.0. The first-order valence-corrected chi connectivity index (χ1v) is 10.7. The Morgan fingerprint density at radius 3 is 2.55 bits per heavy atom. The summed E-state index contributed by atoms with van der Waals surface area (Å²) in [5.41, 5.74) is 3.93. The number of hydrogen-bond donors (Lipinski definition) is 2. The largest absolute Gasteiger partial charge is 0.347 e. The molecule has 1 aromatic carbocycles. The summed E-state index contributed by atoms with van der Waals surface area (Å²) in [5.74, 6) is -0.749. The van der Waals surface area contributed by atoms with Gasteiger partial charge in [-0.25, -0.2) is 0 Å². The molecule has 1 aromatic heterocycles. The van der Waals surface area contributed by atoms with Gasteiger partial charge in [-0.1, -0.05) is 23.8 Å². The second-order valence-corrected chi connectivity index (χ2v) is 8.56. The van der Waals surface area contributed by atoms with Gasteiger partial charge in [0, 0.05) is 18.8 Å². The molecule has 2 heterocycles. The number of carbonyl (C=O) groups excluding carboxylic acids is 3. The molecular formula is C22H27N3O3S. The zero-order valence-electron chi connectivity index (χ0n) is 17.1. The zero-order valence-corrected chi connectivity index (χ0v) is 17.9. The molecule has 7 heteroatoms. The van der Waals surface area contributed by atoms with Crippen LogP contribution in [0.5, 0.6) is 0 Å². The first-order chi connectivity index (χ1) is 13.8. The fourth-order valence-electron chi connectivity index (χ4n) is 3.80. The number of hydrogen-bond acceptors (Lipinski definition) is 4. The lowest BCUT2D eigenvalue weighted by Gasteiger charge is -2.31. The van der Waals surface area contributed by atoms with Crippen molar-refractivity contribution in [3.05, 3.63) is 51.2 Å². The van der Waals surface area contributed by atoms with E-state index in [1.165, 1.54) is 11.3 Å². The minimum atomic E-state index is -0.289. The highest BCUT2D eigenvalue weighted by molar-refractivity contribution is 7.12. The van der Waals surface area contributed by atoms with Gasteiger partial charge in [-0.2, -0.15) is 0 Å². The lowest BCUT2D eigenvalue weighted by molar-refractivity contribution is -0.128. The molecule has 1 saturated heterocycles. The summed E-state index contributed by atoms with van der Waals surface area (Å²) >= 11 is 1.41. The molecule has 1 fully saturated rings. The number of rotatable bonds is 5. The van der Waals surface area contributed by atoms with Crippen LogP contribution in [0.15, 0.2) is 29.6 Å². The normalized spacial score (nSPS) is 16.4. The summed E-state index contributed by atoms with van der Waals surface area (Å²) in [4.78, 5) is 39.8. The zero-order chi connectivity index (χ0) is 21.0. The quantitative estimate of drug-likeness (QED) is 0.790. The van der Waals surface area contributed by atoms with Crippen molar-refractivity contribution in [1.82, 2.24) is 10.2 Å². The van der Waals surface area contributed by atoms with Crippen LogP contribution in [0, 0.1) is 26.7 Å². The van der Waals surface area contributed by atoms with E-state index in [1.807, 2.05) is 44.4 Å². The van der Waals surface area contributed by atoms with Gasteiger partial charge in [-0.15, -0.1) is 11.3 Å². The van der Waals surface area contributed by atoms with Crippen LogP contribution in [0.25, 0.3) is 0 Å². The van der Waals surface area contributed by atoms with Crippen LogP contribution >= 0.6 is 11.3 Å². The van der Waals surface area contributed by atoms with Gasteiger partial charge in [-0.3, -0.25) is 14.4 Å². The topological polar surface area (TPSA) is 78.5 Å². The monoisotopic (exact) mass is 413 g/mol. The molecule has 3 rings (SSSR count). The number of thiophene rings is 1. The van der Waals surface area contributed by atoms with Crippen molar-refractivity contribution in [3.8, 4) is 0 Å². The third kappa shape index (κ3) is 5.23. The summed E-state index contributed by atoms with van der Waals surface area (Å²) < 4.78 is 0. The van der Waals surface area contributed by atoms with Gasteiger partial charge in [0.15, 0.2) is 0 Å². The summed E-state index contributed by atoms with van der Waals surface area (Å²) in [5, 5.41) is 7.50. The van der Waals surface area contributed by atoms with E-state index in [9.17, 15) is 14.4 Å². The maximum Gasteiger partial charge on any atom is 0.263 e. The summed E-state index contributed by atoms with van der Waals surface area (Å²) in [6.45, 7) is 6.89. The smallest absolute Gasteiger partial charge is 0.263 e. The number of piperidine rings is 1. The highest BCUT2D eigenvalue weighted by Crippen LogP contribution is 2.22. The number of aryl methyl sites for hydroxylation is 3. The maximum absolute atomic E-state index is 12.6. The number of likely N-dealkylation sites (tertiary alicyclic amines) is 1. The van der Waals surface area contributed by atoms with Crippen molar-refractivity contribution in [2.24, 2.45) is 5.92 Å². The minimum Gasteiger partial charge on any atom is -0.347 e. The summed E-state index contributed by atoms with van der Waals surface area (Å²) in [6, 6.07) is 7.68. The lowest BCUT2D eigenvalue weighted by Crippen LogP contribution is -2.46. The summed E-state index contributed by atoms with van der Waals surface area (Å²) in [7, 11) is 0. The van der Waals surface area contributed by atoms with E-state index in [0.29, 0.717) is 18.0 Å². The van der Waals surface area contributed by atoms with Crippen molar-refractivity contribution in [1.29, 1.82) is 0 Å². The first-order valence-electron chi connectivity index (χ1n) is 9.83. The van der Waals surface area contributed by atoms with Gasteiger partial charge in [0.2, 0.25) is 11.8 Å². The second kappa shape index (κ2) is 9.22. The Hall–Kier alpha value is -2.67. The molecule has 1 aliphatic heterocycles. The number of carbonyl (C=O) groups is 3. The van der Waals surface area contributed by atoms with E-state index in [4.69, 9.17) is 0 Å². The third-order valence-electron chi connectivity index (χ3n) is 5.18. The summed E-state index contributed by atoms with van der Waals surface area (Å²) in [6.07, 6.45) is 1.50. The average molecular weight is 414 g/mol. The van der Waals surface area contributed by atoms with E-state index < -0.39 is 0 Å². The molecule has 2 N–H and O–H groups in total. The molecule has 1 aliphatic rings. The van der Waals surface area contributed by atoms with Gasteiger partial charge in [-0.05, 0) is 56.2 Å². The number of nitrogens with one attached hydrogen (secondary N) is 2. The Balaban J connectivity index is 1.52. The van der Waals surface area contributed by atoms with Gasteiger partial charge >= 0.3 is 0 Å². The Bertz CT molecular complexity index is 885. The Labute approximate surface area is 175 Å². The number of nitrogens with zero attached hydrogens (tertiary/aromatic N) is 1. The predicted octanol–water partition coefficient (Wildman–Crippen LogP) is 3.28. The van der Waals surface area contributed by atoms with Crippen LogP contribution in [-0.4, -0.2) is 42.3 Å². The molecule has 0 spiro atoms. The molecule has 2 aromatic rings. The van der Waals surface area contributed by atoms with Crippen LogP contribution in [0.4, 0.5) is 5.69 Å². The van der Waals surface area contributed by atoms with E-state index in [1.54, 1.807) is 11.0 Å². The van der Waals surface area contributed by atoms with Crippen molar-refractivity contribution < 1.29 is 14.4 Å². The molecule has 0 radical (unpaired) electrons. The van der Waals surface area contributed by atoms with Crippen molar-refractivity contribution in [2.75, 3.05) is 25.0 Å². The Morgan fingerprint density at radius 1 is 1.17 bits per heavy atom. The fourth-order valence-corrected chi connectivity index (χ4v) is 4.50. The van der Waals surface area contributed by atoms with Crippen LogP contribution in [0.3, 0.4) is 0 Å². The Kier molecular flexibility index (Phi) is 6.69. The van der Waals surface area contributed by atoms with Crippen molar-refractivity contribution in [2.45, 2.75) is 33.6 Å². The van der Waals surface area contributed by atoms with Crippen LogP contribution < -0.4 is 10.6 Å². The molecule has 0 aliphatic carbocycles. The Morgan fingerprint density at radius 2 is 1.90 bits per heavy atom. The third-order valence-corrected chi connectivity index (χ3v) is 6.03. The van der Waals surface area contributed by atoms with Gasteiger partial charge < -0.3 is 15.5 Å². The molecular weight excluding hydrogens is 386 g/mol. The molecule has 0 bridgehead atoms. The SMILES string of the molecule is Cc1cc(C)c(NC(=O)CNC(=O)C2CCCN(C(=O)c3cccs3)C2)c(C)c1. The number of benzene rings is 1. The molecule has 154 valence electrons. The average Bonchev–Trinajstić information content (AvgIpc) is 3.23. The van der Waals surface area contributed by atoms with Crippen LogP contribution in [-0.2, 0) is 9.59 Å². The highest BCUT2D eigenvalue weighted by Gasteiger charge is 2.29. The number of amides is 3. The van der Waals surface area contributed by atoms with Crippen LogP contribution in [0.2, 0.25) is 0 Å². The number of anilines is 1. The maximum atomic E-state index is 12.6. The van der Waals surface area contributed by atoms with Gasteiger partial charge in [0.25, 0.3) is 5.91 Å². The van der Waals surface area contributed by atoms with Crippen molar-refractivity contribution >= 4 is 34.7 Å². The van der Waals surface area contributed by atoms with E-state index in [0.717, 1.165) is 35.2 Å².